The maximum atomic E-state index is 12.7. The molecule has 10 heteroatoms. The van der Waals surface area contributed by atoms with E-state index in [0.717, 1.165) is 78.7 Å². The van der Waals surface area contributed by atoms with Crippen molar-refractivity contribution in [2.24, 2.45) is 0 Å². The van der Waals surface area contributed by atoms with Crippen molar-refractivity contribution in [1.82, 2.24) is 20.2 Å². The van der Waals surface area contributed by atoms with Gasteiger partial charge in [0.2, 0.25) is 5.91 Å². The number of aliphatic hydroxyl groups excluding tert-OH is 1. The molecule has 1 atom stereocenters. The summed E-state index contributed by atoms with van der Waals surface area (Å²) in [6.07, 6.45) is 4.08. The molecule has 3 aromatic rings. The Labute approximate surface area is 216 Å². The van der Waals surface area contributed by atoms with Crippen LogP contribution in [0.5, 0.6) is 5.75 Å². The number of ether oxygens (including phenoxy) is 1. The molecule has 3 heterocycles. The minimum Gasteiger partial charge on any atom is -0.494 e. The lowest BCUT2D eigenvalue weighted by molar-refractivity contribution is -0.122. The SMILES string of the molecule is CCCNc1nc([C@H](CC(=O)NCCO)N2CCCN(c3c(OC)ccc4cccnc34)CC2)cs1. The molecule has 1 saturated heterocycles. The number of aromatic nitrogens is 2. The van der Waals surface area contributed by atoms with Gasteiger partial charge in [-0.3, -0.25) is 14.7 Å². The number of carbonyl (C=O) groups excluding carboxylic acids is 1. The van der Waals surface area contributed by atoms with E-state index in [1.807, 2.05) is 24.4 Å². The summed E-state index contributed by atoms with van der Waals surface area (Å²) in [7, 11) is 1.70. The molecular formula is C26H36N6O3S. The second kappa shape index (κ2) is 12.8. The summed E-state index contributed by atoms with van der Waals surface area (Å²) in [5.74, 6) is 0.742. The van der Waals surface area contributed by atoms with Gasteiger partial charge in [-0.2, -0.15) is 0 Å². The van der Waals surface area contributed by atoms with Crippen LogP contribution in [0.4, 0.5) is 10.8 Å². The first-order chi connectivity index (χ1) is 17.6. The van der Waals surface area contributed by atoms with Gasteiger partial charge in [0.1, 0.15) is 11.4 Å². The van der Waals surface area contributed by atoms with Crippen LogP contribution in [0.15, 0.2) is 35.8 Å². The molecule has 3 N–H and O–H groups in total. The van der Waals surface area contributed by atoms with Crippen molar-refractivity contribution in [3.8, 4) is 5.75 Å². The van der Waals surface area contributed by atoms with Crippen LogP contribution in [0, 0.1) is 0 Å². The zero-order valence-electron chi connectivity index (χ0n) is 21.1. The number of methoxy groups -OCH3 is 1. The van der Waals surface area contributed by atoms with Crippen LogP contribution in [0.1, 0.15) is 37.9 Å². The van der Waals surface area contributed by atoms with Crippen LogP contribution >= 0.6 is 11.3 Å². The van der Waals surface area contributed by atoms with Gasteiger partial charge in [-0.15, -0.1) is 11.3 Å². The van der Waals surface area contributed by atoms with Gasteiger partial charge < -0.3 is 25.4 Å². The summed E-state index contributed by atoms with van der Waals surface area (Å²) in [6.45, 7) is 6.46. The molecule has 0 aliphatic carbocycles. The fraction of sp³-hybridized carbons (Fsp3) is 0.500. The Morgan fingerprint density at radius 1 is 1.22 bits per heavy atom. The molecule has 2 aromatic heterocycles. The quantitative estimate of drug-likeness (QED) is 0.360. The van der Waals surface area contributed by atoms with Gasteiger partial charge in [0.05, 0.1) is 31.0 Å². The number of nitrogens with zero attached hydrogens (tertiary/aromatic N) is 4. The summed E-state index contributed by atoms with van der Waals surface area (Å²) in [5, 5.41) is 19.3. The highest BCUT2D eigenvalue weighted by atomic mass is 32.1. The lowest BCUT2D eigenvalue weighted by atomic mass is 10.1. The Bertz CT molecular complexity index is 1140. The lowest BCUT2D eigenvalue weighted by Crippen LogP contribution is -2.37. The van der Waals surface area contributed by atoms with E-state index >= 15 is 0 Å². The predicted molar refractivity (Wildman–Crippen MR) is 145 cm³/mol. The topological polar surface area (TPSA) is 103 Å². The van der Waals surface area contributed by atoms with Crippen molar-refractivity contribution >= 4 is 39.0 Å². The van der Waals surface area contributed by atoms with E-state index in [2.05, 4.69) is 43.8 Å². The molecule has 194 valence electrons. The Hall–Kier alpha value is -2.95. The summed E-state index contributed by atoms with van der Waals surface area (Å²) in [6, 6.07) is 7.94. The predicted octanol–water partition coefficient (Wildman–Crippen LogP) is 3.27. The molecule has 1 amide bonds. The van der Waals surface area contributed by atoms with Crippen LogP contribution in [-0.2, 0) is 4.79 Å². The van der Waals surface area contributed by atoms with Gasteiger partial charge in [-0.25, -0.2) is 4.98 Å². The fourth-order valence-corrected chi connectivity index (χ4v) is 5.46. The molecular weight excluding hydrogens is 476 g/mol. The summed E-state index contributed by atoms with van der Waals surface area (Å²) < 4.78 is 5.73. The number of anilines is 2. The number of rotatable bonds is 11. The third kappa shape index (κ3) is 6.24. The fourth-order valence-electron chi connectivity index (χ4n) is 4.67. The molecule has 0 saturated carbocycles. The number of carbonyl (C=O) groups is 1. The Balaban J connectivity index is 1.56. The van der Waals surface area contributed by atoms with Gasteiger partial charge in [0.25, 0.3) is 0 Å². The van der Waals surface area contributed by atoms with Crippen molar-refractivity contribution in [3.05, 3.63) is 41.5 Å². The van der Waals surface area contributed by atoms with Crippen LogP contribution in [0.3, 0.4) is 0 Å². The standard InChI is InChI=1S/C26H36N6O3S/c1-3-9-29-26-30-20(18-36-26)21(17-23(34)27-11-16-33)31-12-5-13-32(15-14-31)25-22(35-2)8-7-19-6-4-10-28-24(19)25/h4,6-8,10,18,21,33H,3,5,9,11-17H2,1-2H3,(H,27,34)(H,29,30)/t21-/m0/s1. The highest BCUT2D eigenvalue weighted by Gasteiger charge is 2.29. The van der Waals surface area contributed by atoms with E-state index < -0.39 is 0 Å². The maximum absolute atomic E-state index is 12.7. The van der Waals surface area contributed by atoms with Gasteiger partial charge in [0, 0.05) is 62.7 Å². The number of amides is 1. The largest absolute Gasteiger partial charge is 0.494 e. The first kappa shape index (κ1) is 26.1. The molecule has 0 radical (unpaired) electrons. The van der Waals surface area contributed by atoms with Crippen molar-refractivity contribution in [2.75, 3.05) is 63.2 Å². The van der Waals surface area contributed by atoms with Gasteiger partial charge in [0.15, 0.2) is 5.13 Å². The minimum atomic E-state index is -0.135. The third-order valence-electron chi connectivity index (χ3n) is 6.42. The van der Waals surface area contributed by atoms with Gasteiger partial charge in [-0.1, -0.05) is 13.0 Å². The number of nitrogens with one attached hydrogen (secondary N) is 2. The normalized spacial score (nSPS) is 15.5. The van der Waals surface area contributed by atoms with Crippen molar-refractivity contribution in [2.45, 2.75) is 32.2 Å². The second-order valence-corrected chi connectivity index (χ2v) is 9.72. The molecule has 0 unspecified atom stereocenters. The van der Waals surface area contributed by atoms with Gasteiger partial charge >= 0.3 is 0 Å². The van der Waals surface area contributed by atoms with Crippen LogP contribution in [0.2, 0.25) is 0 Å². The number of pyridine rings is 1. The lowest BCUT2D eigenvalue weighted by Gasteiger charge is -2.30. The number of fused-ring (bicyclic) bond motifs is 1. The Morgan fingerprint density at radius 2 is 2.11 bits per heavy atom. The van der Waals surface area contributed by atoms with E-state index in [1.54, 1.807) is 18.4 Å². The van der Waals surface area contributed by atoms with Crippen LogP contribution < -0.4 is 20.3 Å². The van der Waals surface area contributed by atoms with E-state index in [1.165, 1.54) is 0 Å². The zero-order chi connectivity index (χ0) is 25.3. The number of benzene rings is 1. The Kier molecular flexibility index (Phi) is 9.32. The molecule has 0 spiro atoms. The number of thiazole rings is 1. The van der Waals surface area contributed by atoms with Crippen molar-refractivity contribution < 1.29 is 14.6 Å². The third-order valence-corrected chi connectivity index (χ3v) is 7.24. The first-order valence-electron chi connectivity index (χ1n) is 12.6. The maximum Gasteiger partial charge on any atom is 0.222 e. The van der Waals surface area contributed by atoms with E-state index in [0.29, 0.717) is 6.42 Å². The van der Waals surface area contributed by atoms with Crippen molar-refractivity contribution in [1.29, 1.82) is 0 Å². The average molecular weight is 513 g/mol. The Morgan fingerprint density at radius 3 is 2.92 bits per heavy atom. The monoisotopic (exact) mass is 512 g/mol. The van der Waals surface area contributed by atoms with Crippen molar-refractivity contribution in [3.63, 3.8) is 0 Å². The highest BCUT2D eigenvalue weighted by molar-refractivity contribution is 7.13. The zero-order valence-corrected chi connectivity index (χ0v) is 21.9. The van der Waals surface area contributed by atoms with E-state index in [4.69, 9.17) is 14.8 Å². The molecule has 1 aliphatic heterocycles. The highest BCUT2D eigenvalue weighted by Crippen LogP contribution is 2.36. The molecule has 4 rings (SSSR count). The van der Waals surface area contributed by atoms with Crippen LogP contribution in [-0.4, -0.2) is 78.9 Å². The number of aliphatic hydroxyl groups is 1. The summed E-state index contributed by atoms with van der Waals surface area (Å²) in [4.78, 5) is 26.9. The van der Waals surface area contributed by atoms with Gasteiger partial charge in [-0.05, 0) is 31.0 Å². The summed E-state index contributed by atoms with van der Waals surface area (Å²) in [5.41, 5.74) is 2.88. The van der Waals surface area contributed by atoms with E-state index in [-0.39, 0.29) is 25.1 Å². The first-order valence-corrected chi connectivity index (χ1v) is 13.5. The molecule has 0 bridgehead atoms. The summed E-state index contributed by atoms with van der Waals surface area (Å²) >= 11 is 1.58. The minimum absolute atomic E-state index is 0.0717. The molecule has 9 nitrogen and oxygen atoms in total. The molecule has 1 fully saturated rings. The second-order valence-electron chi connectivity index (χ2n) is 8.87. The molecule has 1 aliphatic rings. The average Bonchev–Trinajstić information content (AvgIpc) is 3.25. The van der Waals surface area contributed by atoms with E-state index in [9.17, 15) is 4.79 Å². The molecule has 1 aromatic carbocycles. The van der Waals surface area contributed by atoms with Crippen LogP contribution in [0.25, 0.3) is 10.9 Å². The smallest absolute Gasteiger partial charge is 0.222 e. The number of hydrogen-bond donors (Lipinski definition) is 3. The number of hydrogen-bond acceptors (Lipinski definition) is 9. The molecule has 36 heavy (non-hydrogen) atoms.